The van der Waals surface area contributed by atoms with Crippen molar-refractivity contribution in [3.8, 4) is 0 Å². The van der Waals surface area contributed by atoms with Gasteiger partial charge in [0.25, 0.3) is 0 Å². The Morgan fingerprint density at radius 3 is 2.06 bits per heavy atom. The maximum absolute atomic E-state index is 5.49. The number of piperidine rings is 3. The van der Waals surface area contributed by atoms with E-state index in [9.17, 15) is 0 Å². The Morgan fingerprint density at radius 2 is 1.55 bits per heavy atom. The molecule has 7 nitrogen and oxygen atoms in total. The van der Waals surface area contributed by atoms with Crippen LogP contribution in [-0.2, 0) is 0 Å². The number of benzene rings is 1. The van der Waals surface area contributed by atoms with Crippen molar-refractivity contribution in [3.05, 3.63) is 156 Å². The third-order valence-electron chi connectivity index (χ3n) is 12.5. The lowest BCUT2D eigenvalue weighted by molar-refractivity contribution is 0.232. The Labute approximate surface area is 380 Å². The zero-order valence-corrected chi connectivity index (χ0v) is 40.6. The molecule has 0 aliphatic carbocycles. The summed E-state index contributed by atoms with van der Waals surface area (Å²) in [5.74, 6) is 1.13. The van der Waals surface area contributed by atoms with Crippen LogP contribution in [0.4, 0.5) is 0 Å². The summed E-state index contributed by atoms with van der Waals surface area (Å²) in [6.07, 6.45) is 22.2. The molecule has 1 aromatic carbocycles. The van der Waals surface area contributed by atoms with Gasteiger partial charge in [0.2, 0.25) is 0 Å². The highest BCUT2D eigenvalue weighted by Crippen LogP contribution is 2.34. The first-order valence-electron chi connectivity index (χ1n) is 23.4. The van der Waals surface area contributed by atoms with Crippen molar-refractivity contribution in [3.63, 3.8) is 0 Å². The number of nitrogens with two attached hydrogens (primary N) is 1. The van der Waals surface area contributed by atoms with E-state index < -0.39 is 0 Å². The molecular weight excluding hydrogens is 759 g/mol. The number of aliphatic imine (C=N–C) groups is 1. The molecule has 0 saturated carbocycles. The first kappa shape index (κ1) is 53.5. The van der Waals surface area contributed by atoms with Gasteiger partial charge in [-0.05, 0) is 171 Å². The van der Waals surface area contributed by atoms with E-state index >= 15 is 0 Å². The number of nitrogens with zero attached hydrogens (tertiary/aromatic N) is 3. The van der Waals surface area contributed by atoms with Crippen LogP contribution in [0, 0.1) is 0 Å². The van der Waals surface area contributed by atoms with Gasteiger partial charge >= 0.3 is 0 Å². The lowest BCUT2D eigenvalue weighted by Crippen LogP contribution is -2.32. The maximum Gasteiger partial charge on any atom is 0.0720 e. The molecule has 0 amide bonds. The Hall–Kier alpha value is -4.59. The normalized spacial score (nSPS) is 20.1. The lowest BCUT2D eigenvalue weighted by Gasteiger charge is -2.32. The Bertz CT molecular complexity index is 1750. The van der Waals surface area contributed by atoms with Crippen molar-refractivity contribution in [2.24, 2.45) is 10.7 Å². The standard InChI is InChI=1S/C21H28N2.C12H22N4.C12H19N.C10H18/c1-4-13-23-14-11-19(12-15-23)18-6-8-20(9-7-18)21-10-5-16(2)22-17(21)3;1-10(2)15-12(8-13)9-14-11-4-6-16(3)7-5-11;1-5-9(2)11(4)12-10(3)7-6-8-13-12;1-5-8-10(7-3)9(4)6-2/h4,6-9,19,21-22H,1-3,5,10-15H2;8-9,11,15H,1,4-7,13H2,2-3H3;5,13H,1,6-8H2,2-4H3;7H,3,5-6,8H2,1-2,4H3/b;12-8+,14-9?;11-9-;10-9-. The fourth-order valence-electron chi connectivity index (χ4n) is 8.19. The van der Waals surface area contributed by atoms with E-state index in [1.807, 2.05) is 31.4 Å². The van der Waals surface area contributed by atoms with Crippen LogP contribution in [-0.4, -0.2) is 68.4 Å². The van der Waals surface area contributed by atoms with Gasteiger partial charge in [-0.1, -0.05) is 101 Å². The predicted molar refractivity (Wildman–Crippen MR) is 274 cm³/mol. The van der Waals surface area contributed by atoms with Crippen LogP contribution in [0.1, 0.15) is 142 Å². The SMILES string of the molecule is C=C(C)N/C(C=NC1CCN(C)CC1)=C/N.C=C/C(C)=C(/C)C1=C(C)CCCN1.C=C/C(CCC)=C(\C)CC.C=CCN1CCC(c2ccc(C3CCC(=C)NC3=C)cc2)CC1. The first-order chi connectivity index (χ1) is 29.7. The minimum Gasteiger partial charge on any atom is -0.403 e. The topological polar surface area (TPSA) is 81.0 Å². The molecule has 0 spiro atoms. The smallest absolute Gasteiger partial charge is 0.0720 e. The Balaban J connectivity index is 0.000000300. The van der Waals surface area contributed by atoms with E-state index in [-0.39, 0.29) is 0 Å². The summed E-state index contributed by atoms with van der Waals surface area (Å²) in [4.78, 5) is 9.36. The third kappa shape index (κ3) is 19.2. The molecule has 0 radical (unpaired) electrons. The van der Waals surface area contributed by atoms with Crippen molar-refractivity contribution >= 4 is 6.21 Å². The molecule has 0 aromatic heterocycles. The molecule has 1 unspecified atom stereocenters. The number of nitrogens with one attached hydrogen (secondary N) is 3. The summed E-state index contributed by atoms with van der Waals surface area (Å²) in [6.45, 7) is 45.1. The number of allylic oxidation sites excluding steroid dienone is 11. The van der Waals surface area contributed by atoms with Gasteiger partial charge in [-0.15, -0.1) is 6.58 Å². The van der Waals surface area contributed by atoms with E-state index in [1.54, 1.807) is 0 Å². The summed E-state index contributed by atoms with van der Waals surface area (Å²) in [5, 5.41) is 9.84. The molecule has 0 bridgehead atoms. The number of rotatable bonds is 14. The second-order valence-corrected chi connectivity index (χ2v) is 17.5. The van der Waals surface area contributed by atoms with Crippen LogP contribution in [0.25, 0.3) is 0 Å². The summed E-state index contributed by atoms with van der Waals surface area (Å²) >= 11 is 0. The number of likely N-dealkylation sites (tertiary alicyclic amines) is 2. The second kappa shape index (κ2) is 29.7. The van der Waals surface area contributed by atoms with Crippen LogP contribution in [0.5, 0.6) is 0 Å². The highest BCUT2D eigenvalue weighted by molar-refractivity contribution is 5.78. The summed E-state index contributed by atoms with van der Waals surface area (Å²) < 4.78 is 0. The van der Waals surface area contributed by atoms with E-state index in [0.29, 0.717) is 17.9 Å². The minimum atomic E-state index is 0.420. The highest BCUT2D eigenvalue weighted by atomic mass is 15.1. The van der Waals surface area contributed by atoms with Gasteiger partial charge < -0.3 is 26.6 Å². The van der Waals surface area contributed by atoms with Gasteiger partial charge in [0.1, 0.15) is 0 Å². The molecule has 4 aliphatic heterocycles. The Kier molecular flexibility index (Phi) is 25.6. The maximum atomic E-state index is 5.49. The van der Waals surface area contributed by atoms with Gasteiger partial charge in [0, 0.05) is 54.2 Å². The molecule has 7 heteroatoms. The van der Waals surface area contributed by atoms with Crippen molar-refractivity contribution in [2.75, 3.05) is 46.3 Å². The Morgan fingerprint density at radius 1 is 0.903 bits per heavy atom. The van der Waals surface area contributed by atoms with E-state index in [2.05, 4.69) is 143 Å². The van der Waals surface area contributed by atoms with Gasteiger partial charge in [-0.2, -0.15) is 0 Å². The summed E-state index contributed by atoms with van der Waals surface area (Å²) in [7, 11) is 2.15. The molecule has 5 rings (SSSR count). The highest BCUT2D eigenvalue weighted by Gasteiger charge is 2.23. The van der Waals surface area contributed by atoms with Crippen LogP contribution in [0.2, 0.25) is 0 Å². The fourth-order valence-corrected chi connectivity index (χ4v) is 8.19. The van der Waals surface area contributed by atoms with Crippen LogP contribution in [0.15, 0.2) is 150 Å². The summed E-state index contributed by atoms with van der Waals surface area (Å²) in [5.41, 5.74) is 20.6. The third-order valence-corrected chi connectivity index (χ3v) is 12.5. The van der Waals surface area contributed by atoms with E-state index in [4.69, 9.17) is 5.73 Å². The molecule has 5 N–H and O–H groups in total. The van der Waals surface area contributed by atoms with Crippen molar-refractivity contribution < 1.29 is 0 Å². The molecular formula is C55H87N7. The zero-order valence-electron chi connectivity index (χ0n) is 40.6. The predicted octanol–water partition coefficient (Wildman–Crippen LogP) is 12.5. The fraction of sp³-hybridized carbons (Fsp3) is 0.509. The molecule has 4 heterocycles. The molecule has 1 aromatic rings. The first-order valence-corrected chi connectivity index (χ1v) is 23.4. The van der Waals surface area contributed by atoms with Crippen LogP contribution in [0.3, 0.4) is 0 Å². The van der Waals surface area contributed by atoms with Crippen molar-refractivity contribution in [2.45, 2.75) is 137 Å². The molecule has 3 saturated heterocycles. The number of hydrogen-bond acceptors (Lipinski definition) is 7. The average Bonchev–Trinajstić information content (AvgIpc) is 3.28. The largest absolute Gasteiger partial charge is 0.403 e. The van der Waals surface area contributed by atoms with Gasteiger partial charge in [-0.25, -0.2) is 0 Å². The summed E-state index contributed by atoms with van der Waals surface area (Å²) in [6, 6.07) is 9.70. The molecule has 342 valence electrons. The zero-order chi connectivity index (χ0) is 46.0. The number of hydrogen-bond donors (Lipinski definition) is 4. The van der Waals surface area contributed by atoms with Crippen molar-refractivity contribution in [1.82, 2.24) is 25.8 Å². The van der Waals surface area contributed by atoms with Crippen LogP contribution < -0.4 is 21.7 Å². The molecule has 3 fully saturated rings. The minimum absolute atomic E-state index is 0.420. The van der Waals surface area contributed by atoms with E-state index in [0.717, 1.165) is 81.1 Å². The monoisotopic (exact) mass is 846 g/mol. The van der Waals surface area contributed by atoms with Crippen molar-refractivity contribution in [1.29, 1.82) is 0 Å². The second-order valence-electron chi connectivity index (χ2n) is 17.5. The molecule has 62 heavy (non-hydrogen) atoms. The van der Waals surface area contributed by atoms with Gasteiger partial charge in [0.15, 0.2) is 0 Å². The quantitative estimate of drug-likeness (QED) is 0.0848. The lowest BCUT2D eigenvalue weighted by atomic mass is 9.85. The van der Waals surface area contributed by atoms with Gasteiger partial charge in [0.05, 0.1) is 11.7 Å². The van der Waals surface area contributed by atoms with Gasteiger partial charge in [-0.3, -0.25) is 9.89 Å². The van der Waals surface area contributed by atoms with E-state index in [1.165, 1.54) is 103 Å². The molecule has 4 aliphatic rings. The van der Waals surface area contributed by atoms with Crippen LogP contribution >= 0.6 is 0 Å². The average molecular weight is 846 g/mol. The molecule has 1 atom stereocenters.